The molecule has 0 aromatic heterocycles. The molecule has 0 aliphatic carbocycles. The number of benzene rings is 1. The fourth-order valence-electron chi connectivity index (χ4n) is 3.24. The van der Waals surface area contributed by atoms with Crippen molar-refractivity contribution >= 4 is 29.3 Å². The second-order valence-electron chi connectivity index (χ2n) is 6.23. The number of amides is 4. The SMILES string of the molecule is NC(=O)CCCNc1cccc2c1CN(C1CCC(=O)NC1=O)C2=O. The van der Waals surface area contributed by atoms with Crippen molar-refractivity contribution in [2.45, 2.75) is 38.3 Å². The van der Waals surface area contributed by atoms with Gasteiger partial charge in [0.25, 0.3) is 5.91 Å². The summed E-state index contributed by atoms with van der Waals surface area (Å²) in [4.78, 5) is 48.3. The number of fused-ring (bicyclic) bond motifs is 1. The van der Waals surface area contributed by atoms with Gasteiger partial charge in [-0.1, -0.05) is 6.07 Å². The summed E-state index contributed by atoms with van der Waals surface area (Å²) in [5, 5.41) is 5.51. The molecule has 132 valence electrons. The zero-order valence-electron chi connectivity index (χ0n) is 13.7. The summed E-state index contributed by atoms with van der Waals surface area (Å²) in [6.07, 6.45) is 1.47. The van der Waals surface area contributed by atoms with Gasteiger partial charge >= 0.3 is 0 Å². The maximum Gasteiger partial charge on any atom is 0.255 e. The van der Waals surface area contributed by atoms with Crippen LogP contribution in [0.25, 0.3) is 0 Å². The van der Waals surface area contributed by atoms with Crippen molar-refractivity contribution in [3.05, 3.63) is 29.3 Å². The lowest BCUT2D eigenvalue weighted by Crippen LogP contribution is -2.52. The summed E-state index contributed by atoms with van der Waals surface area (Å²) < 4.78 is 0. The van der Waals surface area contributed by atoms with Gasteiger partial charge in [0.1, 0.15) is 6.04 Å². The van der Waals surface area contributed by atoms with E-state index in [9.17, 15) is 19.2 Å². The van der Waals surface area contributed by atoms with Gasteiger partial charge in [0, 0.05) is 42.7 Å². The third-order valence-corrected chi connectivity index (χ3v) is 4.50. The minimum absolute atomic E-state index is 0.203. The summed E-state index contributed by atoms with van der Waals surface area (Å²) in [5.74, 6) is -1.28. The number of rotatable bonds is 6. The molecule has 3 rings (SSSR count). The average Bonchev–Trinajstić information content (AvgIpc) is 2.89. The quantitative estimate of drug-likeness (QED) is 0.500. The highest BCUT2D eigenvalue weighted by Crippen LogP contribution is 2.32. The van der Waals surface area contributed by atoms with Crippen molar-refractivity contribution in [3.63, 3.8) is 0 Å². The first-order chi connectivity index (χ1) is 12.0. The minimum atomic E-state index is -0.625. The molecule has 8 nitrogen and oxygen atoms in total. The number of hydrogen-bond donors (Lipinski definition) is 3. The Balaban J connectivity index is 1.72. The van der Waals surface area contributed by atoms with Crippen molar-refractivity contribution in [2.24, 2.45) is 5.73 Å². The molecule has 4 amide bonds. The molecule has 1 aromatic carbocycles. The first-order valence-corrected chi connectivity index (χ1v) is 8.26. The van der Waals surface area contributed by atoms with E-state index >= 15 is 0 Å². The smallest absolute Gasteiger partial charge is 0.255 e. The van der Waals surface area contributed by atoms with Gasteiger partial charge in [0.15, 0.2) is 0 Å². The second kappa shape index (κ2) is 6.92. The first kappa shape index (κ1) is 16.9. The van der Waals surface area contributed by atoms with Crippen LogP contribution in [-0.2, 0) is 20.9 Å². The Morgan fingerprint density at radius 1 is 1.32 bits per heavy atom. The molecule has 1 aromatic rings. The second-order valence-corrected chi connectivity index (χ2v) is 6.23. The molecule has 4 N–H and O–H groups in total. The summed E-state index contributed by atoms with van der Waals surface area (Å²) in [7, 11) is 0. The standard InChI is InChI=1S/C17H20N4O4/c18-14(22)5-2-8-19-12-4-1-3-10-11(12)9-21(17(10)25)13-6-7-15(23)20-16(13)24/h1,3-4,13,19H,2,5-9H2,(H2,18,22)(H,20,23,24). The van der Waals surface area contributed by atoms with E-state index in [4.69, 9.17) is 5.73 Å². The fraction of sp³-hybridized carbons (Fsp3) is 0.412. The van der Waals surface area contributed by atoms with Crippen LogP contribution in [0.1, 0.15) is 41.6 Å². The lowest BCUT2D eigenvalue weighted by molar-refractivity contribution is -0.137. The number of nitrogens with one attached hydrogen (secondary N) is 2. The molecule has 2 aliphatic heterocycles. The molecule has 0 radical (unpaired) electrons. The lowest BCUT2D eigenvalue weighted by atomic mass is 10.0. The highest BCUT2D eigenvalue weighted by Gasteiger charge is 2.39. The molecule has 1 atom stereocenters. The van der Waals surface area contributed by atoms with Gasteiger partial charge in [0.05, 0.1) is 0 Å². The number of carbonyl (C=O) groups excluding carboxylic acids is 4. The Morgan fingerprint density at radius 2 is 2.12 bits per heavy atom. The summed E-state index contributed by atoms with van der Waals surface area (Å²) >= 11 is 0. The summed E-state index contributed by atoms with van der Waals surface area (Å²) in [6.45, 7) is 0.880. The predicted molar refractivity (Wildman–Crippen MR) is 89.4 cm³/mol. The zero-order valence-corrected chi connectivity index (χ0v) is 13.7. The van der Waals surface area contributed by atoms with Crippen LogP contribution in [0.4, 0.5) is 5.69 Å². The molecule has 25 heavy (non-hydrogen) atoms. The Hall–Kier alpha value is -2.90. The van der Waals surface area contributed by atoms with Gasteiger partial charge < -0.3 is 16.0 Å². The number of imide groups is 1. The Morgan fingerprint density at radius 3 is 2.84 bits per heavy atom. The molecule has 1 unspecified atom stereocenters. The van der Waals surface area contributed by atoms with Crippen molar-refractivity contribution in [2.75, 3.05) is 11.9 Å². The third-order valence-electron chi connectivity index (χ3n) is 4.50. The number of nitrogens with zero attached hydrogens (tertiary/aromatic N) is 1. The first-order valence-electron chi connectivity index (χ1n) is 8.26. The van der Waals surface area contributed by atoms with Crippen molar-refractivity contribution < 1.29 is 19.2 Å². The van der Waals surface area contributed by atoms with Gasteiger partial charge in [0.2, 0.25) is 17.7 Å². The summed E-state index contributed by atoms with van der Waals surface area (Å²) in [5.41, 5.74) is 7.32. The van der Waals surface area contributed by atoms with Gasteiger partial charge in [-0.05, 0) is 25.0 Å². The maximum atomic E-state index is 12.7. The third kappa shape index (κ3) is 3.47. The van der Waals surface area contributed by atoms with Crippen LogP contribution >= 0.6 is 0 Å². The monoisotopic (exact) mass is 344 g/mol. The van der Waals surface area contributed by atoms with E-state index in [0.29, 0.717) is 37.9 Å². The molecule has 0 bridgehead atoms. The Kier molecular flexibility index (Phi) is 4.69. The van der Waals surface area contributed by atoms with Gasteiger partial charge in [-0.3, -0.25) is 24.5 Å². The molecule has 1 fully saturated rings. The Bertz CT molecular complexity index is 746. The van der Waals surface area contributed by atoms with E-state index in [-0.39, 0.29) is 24.1 Å². The van der Waals surface area contributed by atoms with E-state index in [0.717, 1.165) is 11.3 Å². The van der Waals surface area contributed by atoms with Crippen molar-refractivity contribution in [1.29, 1.82) is 0 Å². The number of nitrogens with two attached hydrogens (primary N) is 1. The van der Waals surface area contributed by atoms with Crippen molar-refractivity contribution in [1.82, 2.24) is 10.2 Å². The van der Waals surface area contributed by atoms with E-state index in [2.05, 4.69) is 10.6 Å². The molecule has 8 heteroatoms. The van der Waals surface area contributed by atoms with Crippen LogP contribution in [0.5, 0.6) is 0 Å². The number of piperidine rings is 1. The van der Waals surface area contributed by atoms with E-state index in [1.165, 1.54) is 4.90 Å². The predicted octanol–water partition coefficient (Wildman–Crippen LogP) is 0.125. The van der Waals surface area contributed by atoms with Crippen LogP contribution in [-0.4, -0.2) is 41.1 Å². The van der Waals surface area contributed by atoms with Crippen LogP contribution in [0.15, 0.2) is 18.2 Å². The zero-order chi connectivity index (χ0) is 18.0. The van der Waals surface area contributed by atoms with Crippen LogP contribution in [0.3, 0.4) is 0 Å². The van der Waals surface area contributed by atoms with Crippen LogP contribution in [0, 0.1) is 0 Å². The number of primary amides is 1. The number of carbonyl (C=O) groups is 4. The molecule has 2 aliphatic rings. The van der Waals surface area contributed by atoms with Gasteiger partial charge in [-0.2, -0.15) is 0 Å². The molecular formula is C17H20N4O4. The fourth-order valence-corrected chi connectivity index (χ4v) is 3.24. The molecular weight excluding hydrogens is 324 g/mol. The molecule has 1 saturated heterocycles. The van der Waals surface area contributed by atoms with E-state index in [1.54, 1.807) is 12.1 Å². The number of hydrogen-bond acceptors (Lipinski definition) is 5. The van der Waals surface area contributed by atoms with Crippen LogP contribution in [0.2, 0.25) is 0 Å². The average molecular weight is 344 g/mol. The molecule has 2 heterocycles. The highest BCUT2D eigenvalue weighted by atomic mass is 16.2. The van der Waals surface area contributed by atoms with E-state index < -0.39 is 11.9 Å². The highest BCUT2D eigenvalue weighted by molar-refractivity contribution is 6.06. The van der Waals surface area contributed by atoms with E-state index in [1.807, 2.05) is 6.07 Å². The molecule has 0 spiro atoms. The minimum Gasteiger partial charge on any atom is -0.385 e. The summed E-state index contributed by atoms with van der Waals surface area (Å²) in [6, 6.07) is 4.75. The normalized spacial score (nSPS) is 19.6. The Labute approximate surface area is 144 Å². The van der Waals surface area contributed by atoms with Gasteiger partial charge in [-0.25, -0.2) is 0 Å². The topological polar surface area (TPSA) is 122 Å². The van der Waals surface area contributed by atoms with Gasteiger partial charge in [-0.15, -0.1) is 0 Å². The maximum absolute atomic E-state index is 12.7. The van der Waals surface area contributed by atoms with Crippen molar-refractivity contribution in [3.8, 4) is 0 Å². The number of anilines is 1. The largest absolute Gasteiger partial charge is 0.385 e. The lowest BCUT2D eigenvalue weighted by Gasteiger charge is -2.29. The molecule has 0 saturated carbocycles. The van der Waals surface area contributed by atoms with Crippen LogP contribution < -0.4 is 16.4 Å².